The Kier molecular flexibility index (Phi) is 2.59. The normalized spacial score (nSPS) is 20.2. The Morgan fingerprint density at radius 3 is 2.64 bits per heavy atom. The summed E-state index contributed by atoms with van der Waals surface area (Å²) in [7, 11) is 1.92. The lowest BCUT2D eigenvalue weighted by Crippen LogP contribution is -2.09. The summed E-state index contributed by atoms with van der Waals surface area (Å²) in [5.41, 5.74) is 1.95. The summed E-state index contributed by atoms with van der Waals surface area (Å²) < 4.78 is 1.83. The number of rotatable bonds is 2. The molecule has 1 aliphatic rings. The average Bonchev–Trinajstić information content (AvgIpc) is 2.76. The maximum absolute atomic E-state index is 10.1. The molecule has 1 heterocycles. The van der Waals surface area contributed by atoms with Crippen LogP contribution in [0.15, 0.2) is 6.07 Å². The minimum atomic E-state index is -0.350. The number of aliphatic hydroxyl groups is 1. The third-order valence-corrected chi connectivity index (χ3v) is 3.28. The lowest BCUT2D eigenvalue weighted by atomic mass is 9.98. The van der Waals surface area contributed by atoms with Gasteiger partial charge in [-0.1, -0.05) is 12.8 Å². The summed E-state index contributed by atoms with van der Waals surface area (Å²) in [5, 5.41) is 14.4. The Balaban J connectivity index is 2.13. The van der Waals surface area contributed by atoms with Crippen LogP contribution in [0.4, 0.5) is 0 Å². The molecule has 1 atom stereocenters. The zero-order valence-corrected chi connectivity index (χ0v) is 8.90. The van der Waals surface area contributed by atoms with Gasteiger partial charge in [0.15, 0.2) is 0 Å². The summed E-state index contributed by atoms with van der Waals surface area (Å²) in [6, 6.07) is 1.99. The Morgan fingerprint density at radius 2 is 2.14 bits per heavy atom. The molecule has 0 saturated heterocycles. The Labute approximate surface area is 84.7 Å². The van der Waals surface area contributed by atoms with Crippen molar-refractivity contribution in [3.05, 3.63) is 17.5 Å². The van der Waals surface area contributed by atoms with Gasteiger partial charge in [0.25, 0.3) is 0 Å². The molecule has 1 unspecified atom stereocenters. The van der Waals surface area contributed by atoms with E-state index in [-0.39, 0.29) is 6.10 Å². The van der Waals surface area contributed by atoms with Gasteiger partial charge < -0.3 is 5.11 Å². The predicted octanol–water partition coefficient (Wildman–Crippen LogP) is 1.95. The maximum Gasteiger partial charge on any atom is 0.101 e. The van der Waals surface area contributed by atoms with Crippen LogP contribution in [0.25, 0.3) is 0 Å². The summed E-state index contributed by atoms with van der Waals surface area (Å²) in [5.74, 6) is 0.435. The molecule has 1 aromatic heterocycles. The second-order valence-electron chi connectivity index (χ2n) is 4.32. The van der Waals surface area contributed by atoms with Crippen LogP contribution >= 0.6 is 0 Å². The van der Waals surface area contributed by atoms with Crippen molar-refractivity contribution in [2.24, 2.45) is 13.0 Å². The van der Waals surface area contributed by atoms with Crippen LogP contribution in [0.1, 0.15) is 43.2 Å². The van der Waals surface area contributed by atoms with Crippen molar-refractivity contribution >= 4 is 0 Å². The van der Waals surface area contributed by atoms with Crippen molar-refractivity contribution in [2.45, 2.75) is 38.7 Å². The second-order valence-corrected chi connectivity index (χ2v) is 4.32. The van der Waals surface area contributed by atoms with Gasteiger partial charge in [-0.2, -0.15) is 5.10 Å². The van der Waals surface area contributed by atoms with E-state index in [4.69, 9.17) is 0 Å². The number of aryl methyl sites for hydroxylation is 2. The molecule has 1 N–H and O–H groups in total. The molecule has 0 aliphatic heterocycles. The first kappa shape index (κ1) is 9.71. The quantitative estimate of drug-likeness (QED) is 0.781. The Morgan fingerprint density at radius 1 is 1.50 bits per heavy atom. The number of nitrogens with zero attached hydrogens (tertiary/aromatic N) is 2. The molecule has 2 rings (SSSR count). The van der Waals surface area contributed by atoms with Crippen LogP contribution in [0.2, 0.25) is 0 Å². The molecule has 0 spiro atoms. The topological polar surface area (TPSA) is 38.1 Å². The van der Waals surface area contributed by atoms with Crippen molar-refractivity contribution in [1.29, 1.82) is 0 Å². The fraction of sp³-hybridized carbons (Fsp3) is 0.727. The average molecular weight is 194 g/mol. The van der Waals surface area contributed by atoms with Crippen LogP contribution in [-0.2, 0) is 7.05 Å². The zero-order chi connectivity index (χ0) is 10.1. The molecule has 3 nitrogen and oxygen atoms in total. The predicted molar refractivity (Wildman–Crippen MR) is 54.9 cm³/mol. The molecule has 1 aromatic rings. The first-order valence-electron chi connectivity index (χ1n) is 5.37. The van der Waals surface area contributed by atoms with Gasteiger partial charge in [0.1, 0.15) is 6.10 Å². The molecular formula is C11H18N2O. The standard InChI is InChI=1S/C11H18N2O/c1-8-7-10(12-13(8)2)11(14)9-5-3-4-6-9/h7,9,11,14H,3-6H2,1-2H3. The van der Waals surface area contributed by atoms with E-state index in [1.54, 1.807) is 0 Å². The van der Waals surface area contributed by atoms with Gasteiger partial charge in [0.2, 0.25) is 0 Å². The number of hydrogen-bond acceptors (Lipinski definition) is 2. The van der Waals surface area contributed by atoms with Crippen LogP contribution in [0.3, 0.4) is 0 Å². The molecule has 0 radical (unpaired) electrons. The van der Waals surface area contributed by atoms with Gasteiger partial charge in [0, 0.05) is 12.7 Å². The van der Waals surface area contributed by atoms with Gasteiger partial charge in [-0.25, -0.2) is 0 Å². The van der Waals surface area contributed by atoms with E-state index in [1.165, 1.54) is 12.8 Å². The van der Waals surface area contributed by atoms with Crippen molar-refractivity contribution in [3.8, 4) is 0 Å². The monoisotopic (exact) mass is 194 g/mol. The highest BCUT2D eigenvalue weighted by Crippen LogP contribution is 2.35. The third-order valence-electron chi connectivity index (χ3n) is 3.28. The van der Waals surface area contributed by atoms with Gasteiger partial charge in [0.05, 0.1) is 5.69 Å². The molecular weight excluding hydrogens is 176 g/mol. The van der Waals surface area contributed by atoms with E-state index >= 15 is 0 Å². The van der Waals surface area contributed by atoms with Crippen molar-refractivity contribution < 1.29 is 5.11 Å². The summed E-state index contributed by atoms with van der Waals surface area (Å²) in [6.07, 6.45) is 4.46. The number of hydrogen-bond donors (Lipinski definition) is 1. The van der Waals surface area contributed by atoms with Crippen molar-refractivity contribution in [2.75, 3.05) is 0 Å². The molecule has 3 heteroatoms. The zero-order valence-electron chi connectivity index (χ0n) is 8.90. The van der Waals surface area contributed by atoms with Crippen LogP contribution < -0.4 is 0 Å². The van der Waals surface area contributed by atoms with Crippen LogP contribution in [-0.4, -0.2) is 14.9 Å². The summed E-state index contributed by atoms with van der Waals surface area (Å²) in [6.45, 7) is 2.01. The number of aromatic nitrogens is 2. The van der Waals surface area contributed by atoms with E-state index < -0.39 is 0 Å². The van der Waals surface area contributed by atoms with E-state index in [0.29, 0.717) is 5.92 Å². The molecule has 0 amide bonds. The largest absolute Gasteiger partial charge is 0.386 e. The third kappa shape index (κ3) is 1.69. The maximum atomic E-state index is 10.1. The molecule has 0 aromatic carbocycles. The fourth-order valence-electron chi connectivity index (χ4n) is 2.25. The smallest absolute Gasteiger partial charge is 0.101 e. The van der Waals surface area contributed by atoms with Gasteiger partial charge in [-0.15, -0.1) is 0 Å². The molecule has 78 valence electrons. The van der Waals surface area contributed by atoms with E-state index in [0.717, 1.165) is 24.2 Å². The molecule has 14 heavy (non-hydrogen) atoms. The van der Waals surface area contributed by atoms with Crippen LogP contribution in [0.5, 0.6) is 0 Å². The van der Waals surface area contributed by atoms with E-state index in [2.05, 4.69) is 5.10 Å². The highest BCUT2D eigenvalue weighted by atomic mass is 16.3. The minimum Gasteiger partial charge on any atom is -0.386 e. The lowest BCUT2D eigenvalue weighted by Gasteiger charge is -2.14. The van der Waals surface area contributed by atoms with Gasteiger partial charge in [-0.3, -0.25) is 4.68 Å². The molecule has 1 fully saturated rings. The summed E-state index contributed by atoms with van der Waals surface area (Å²) in [4.78, 5) is 0. The van der Waals surface area contributed by atoms with Crippen LogP contribution in [0, 0.1) is 12.8 Å². The summed E-state index contributed by atoms with van der Waals surface area (Å²) >= 11 is 0. The Bertz CT molecular complexity index is 294. The van der Waals surface area contributed by atoms with Crippen molar-refractivity contribution in [3.63, 3.8) is 0 Å². The first-order valence-corrected chi connectivity index (χ1v) is 5.37. The fourth-order valence-corrected chi connectivity index (χ4v) is 2.25. The number of aliphatic hydroxyl groups excluding tert-OH is 1. The molecule has 0 bridgehead atoms. The van der Waals surface area contributed by atoms with E-state index in [9.17, 15) is 5.11 Å². The minimum absolute atomic E-state index is 0.350. The van der Waals surface area contributed by atoms with E-state index in [1.807, 2.05) is 24.7 Å². The molecule has 1 aliphatic carbocycles. The Hall–Kier alpha value is -0.830. The highest BCUT2D eigenvalue weighted by molar-refractivity contribution is 5.12. The SMILES string of the molecule is Cc1cc(C(O)C2CCCC2)nn1C. The second kappa shape index (κ2) is 3.73. The van der Waals surface area contributed by atoms with Gasteiger partial charge in [-0.05, 0) is 31.7 Å². The highest BCUT2D eigenvalue weighted by Gasteiger charge is 2.26. The lowest BCUT2D eigenvalue weighted by molar-refractivity contribution is 0.107. The van der Waals surface area contributed by atoms with Gasteiger partial charge >= 0.3 is 0 Å². The molecule has 1 saturated carbocycles. The first-order chi connectivity index (χ1) is 6.68. The van der Waals surface area contributed by atoms with Crippen molar-refractivity contribution in [1.82, 2.24) is 9.78 Å².